The van der Waals surface area contributed by atoms with Crippen LogP contribution in [-0.2, 0) is 23.8 Å². The summed E-state index contributed by atoms with van der Waals surface area (Å²) in [7, 11) is 0. The first-order valence-electron chi connectivity index (χ1n) is 5.69. The lowest BCUT2D eigenvalue weighted by atomic mass is 10.5. The van der Waals surface area contributed by atoms with E-state index in [2.05, 4.69) is 15.9 Å². The average molecular weight is 373 g/mol. The molecule has 2 unspecified atom stereocenters. The molecular formula is C11H17BrO5S2. The van der Waals surface area contributed by atoms with E-state index in [0.29, 0.717) is 11.0 Å². The maximum absolute atomic E-state index is 11.6. The predicted molar refractivity (Wildman–Crippen MR) is 81.6 cm³/mol. The molecule has 110 valence electrons. The van der Waals surface area contributed by atoms with Crippen molar-refractivity contribution in [3.63, 3.8) is 0 Å². The molecule has 0 aliphatic heterocycles. The van der Waals surface area contributed by atoms with Gasteiger partial charge in [-0.2, -0.15) is 0 Å². The largest absolute Gasteiger partial charge is 0.479 e. The van der Waals surface area contributed by atoms with Crippen molar-refractivity contribution in [1.82, 2.24) is 0 Å². The Morgan fingerprint density at radius 2 is 1.68 bits per heavy atom. The van der Waals surface area contributed by atoms with E-state index in [1.54, 1.807) is 13.8 Å². The Morgan fingerprint density at radius 3 is 2.16 bits per heavy atom. The van der Waals surface area contributed by atoms with Gasteiger partial charge in [0.15, 0.2) is 0 Å². The molecule has 2 atom stereocenters. The molecule has 0 aromatic carbocycles. The minimum Gasteiger partial charge on any atom is -0.479 e. The number of ether oxygens (including phenoxy) is 3. The second kappa shape index (κ2) is 10.4. The molecule has 0 heterocycles. The molecule has 0 spiro atoms. The van der Waals surface area contributed by atoms with Crippen molar-refractivity contribution >= 4 is 56.2 Å². The van der Waals surface area contributed by atoms with Gasteiger partial charge in [-0.05, 0) is 33.0 Å². The lowest BCUT2D eigenvalue weighted by Crippen LogP contribution is -2.23. The van der Waals surface area contributed by atoms with Crippen molar-refractivity contribution in [2.24, 2.45) is 0 Å². The van der Waals surface area contributed by atoms with Gasteiger partial charge in [-0.15, -0.1) is 0 Å². The van der Waals surface area contributed by atoms with Crippen LogP contribution in [0.15, 0.2) is 0 Å². The number of carbonyl (C=O) groups excluding carboxylic acids is 2. The summed E-state index contributed by atoms with van der Waals surface area (Å²) in [4.78, 5) is 22.3. The predicted octanol–water partition coefficient (Wildman–Crippen LogP) is 2.30. The van der Waals surface area contributed by atoms with E-state index in [9.17, 15) is 9.59 Å². The molecule has 0 N–H and O–H groups in total. The fourth-order valence-corrected chi connectivity index (χ4v) is 2.18. The molecule has 0 aromatic heterocycles. The average Bonchev–Trinajstić information content (AvgIpc) is 2.33. The van der Waals surface area contributed by atoms with E-state index in [-0.39, 0.29) is 18.0 Å². The Kier molecular flexibility index (Phi) is 10.3. The third-order valence-corrected chi connectivity index (χ3v) is 3.40. The summed E-state index contributed by atoms with van der Waals surface area (Å²) >= 11 is 9.10. The number of hydrogen-bond acceptors (Lipinski definition) is 7. The Labute approximate surface area is 130 Å². The van der Waals surface area contributed by atoms with Gasteiger partial charge in [0.25, 0.3) is 0 Å². The Balaban J connectivity index is 3.79. The molecule has 5 nitrogen and oxygen atoms in total. The fourth-order valence-electron chi connectivity index (χ4n) is 0.861. The SMILES string of the molecule is CCOC(=S)SC(C)C(=O)OCCOC(=O)C(C)Br. The van der Waals surface area contributed by atoms with Crippen LogP contribution in [0.5, 0.6) is 0 Å². The summed E-state index contributed by atoms with van der Waals surface area (Å²) in [5, 5.41) is -0.454. The Hall–Kier alpha value is -0.340. The van der Waals surface area contributed by atoms with Crippen LogP contribution in [0.1, 0.15) is 20.8 Å². The normalized spacial score (nSPS) is 13.3. The van der Waals surface area contributed by atoms with E-state index in [0.717, 1.165) is 11.8 Å². The first kappa shape index (κ1) is 18.7. The fraction of sp³-hybridized carbons (Fsp3) is 0.727. The zero-order valence-electron chi connectivity index (χ0n) is 11.0. The van der Waals surface area contributed by atoms with Crippen LogP contribution in [0.25, 0.3) is 0 Å². The highest BCUT2D eigenvalue weighted by atomic mass is 79.9. The van der Waals surface area contributed by atoms with Crippen molar-refractivity contribution in [2.45, 2.75) is 30.8 Å². The van der Waals surface area contributed by atoms with Gasteiger partial charge in [-0.25, -0.2) is 0 Å². The van der Waals surface area contributed by atoms with Crippen LogP contribution in [-0.4, -0.2) is 46.2 Å². The molecule has 19 heavy (non-hydrogen) atoms. The summed E-state index contributed by atoms with van der Waals surface area (Å²) in [5.74, 6) is -0.814. The quantitative estimate of drug-likeness (QED) is 0.294. The van der Waals surface area contributed by atoms with Crippen molar-refractivity contribution in [2.75, 3.05) is 19.8 Å². The molecule has 0 amide bonds. The number of carbonyl (C=O) groups is 2. The number of thiocarbonyl (C=S) groups is 1. The zero-order valence-corrected chi connectivity index (χ0v) is 14.2. The van der Waals surface area contributed by atoms with E-state index >= 15 is 0 Å². The lowest BCUT2D eigenvalue weighted by Gasteiger charge is -2.12. The first-order chi connectivity index (χ1) is 8.88. The lowest BCUT2D eigenvalue weighted by molar-refractivity contribution is -0.151. The number of thioether (sulfide) groups is 1. The van der Waals surface area contributed by atoms with Crippen LogP contribution in [0.3, 0.4) is 0 Å². The number of hydrogen-bond donors (Lipinski definition) is 0. The summed E-state index contributed by atoms with van der Waals surface area (Å²) < 4.78 is 15.1. The van der Waals surface area contributed by atoms with Crippen molar-refractivity contribution in [3.8, 4) is 0 Å². The van der Waals surface area contributed by atoms with Gasteiger partial charge in [0.1, 0.15) is 23.3 Å². The Bertz CT molecular complexity index is 322. The highest BCUT2D eigenvalue weighted by Crippen LogP contribution is 2.15. The standard InChI is InChI=1S/C11H17BrO5S2/c1-4-15-11(18)19-8(3)10(14)17-6-5-16-9(13)7(2)12/h7-8H,4-6H2,1-3H3. The maximum Gasteiger partial charge on any atom is 0.319 e. The second-order valence-electron chi connectivity index (χ2n) is 3.39. The molecule has 0 aromatic rings. The molecule has 0 rings (SSSR count). The minimum atomic E-state index is -0.454. The zero-order chi connectivity index (χ0) is 14.8. The molecule has 0 fully saturated rings. The topological polar surface area (TPSA) is 61.8 Å². The highest BCUT2D eigenvalue weighted by Gasteiger charge is 2.18. The number of alkyl halides is 1. The first-order valence-corrected chi connectivity index (χ1v) is 7.89. The third-order valence-electron chi connectivity index (χ3n) is 1.76. The molecule has 0 bridgehead atoms. The molecular weight excluding hydrogens is 356 g/mol. The summed E-state index contributed by atoms with van der Waals surface area (Å²) in [5.41, 5.74) is 0. The molecule has 0 radical (unpaired) electrons. The van der Waals surface area contributed by atoms with Gasteiger partial charge in [0, 0.05) is 0 Å². The van der Waals surface area contributed by atoms with Crippen molar-refractivity contribution in [3.05, 3.63) is 0 Å². The van der Waals surface area contributed by atoms with Crippen LogP contribution in [0.4, 0.5) is 0 Å². The molecule has 8 heteroatoms. The molecule has 0 saturated heterocycles. The van der Waals surface area contributed by atoms with Crippen LogP contribution < -0.4 is 0 Å². The smallest absolute Gasteiger partial charge is 0.319 e. The van der Waals surface area contributed by atoms with E-state index in [1.807, 2.05) is 6.92 Å². The van der Waals surface area contributed by atoms with E-state index < -0.39 is 17.2 Å². The van der Waals surface area contributed by atoms with Gasteiger partial charge >= 0.3 is 11.9 Å². The maximum atomic E-state index is 11.6. The van der Waals surface area contributed by atoms with Crippen molar-refractivity contribution in [1.29, 1.82) is 0 Å². The summed E-state index contributed by atoms with van der Waals surface area (Å²) in [6.45, 7) is 5.67. The van der Waals surface area contributed by atoms with Gasteiger partial charge in [-0.3, -0.25) is 9.59 Å². The molecule has 0 saturated carbocycles. The van der Waals surface area contributed by atoms with Gasteiger partial charge in [0.05, 0.1) is 6.61 Å². The molecule has 0 aliphatic rings. The number of halogens is 1. The van der Waals surface area contributed by atoms with E-state index in [4.69, 9.17) is 26.4 Å². The highest BCUT2D eigenvalue weighted by molar-refractivity contribution is 9.10. The van der Waals surface area contributed by atoms with Gasteiger partial charge in [0.2, 0.25) is 4.38 Å². The number of rotatable bonds is 7. The van der Waals surface area contributed by atoms with Crippen LogP contribution in [0, 0.1) is 0 Å². The second-order valence-corrected chi connectivity index (χ2v) is 6.71. The van der Waals surface area contributed by atoms with E-state index in [1.165, 1.54) is 0 Å². The van der Waals surface area contributed by atoms with Gasteiger partial charge < -0.3 is 14.2 Å². The number of esters is 2. The monoisotopic (exact) mass is 372 g/mol. The molecule has 0 aliphatic carbocycles. The van der Waals surface area contributed by atoms with Crippen molar-refractivity contribution < 1.29 is 23.8 Å². The third kappa shape index (κ3) is 9.23. The minimum absolute atomic E-state index is 0.0244. The summed E-state index contributed by atoms with van der Waals surface area (Å²) in [6, 6.07) is 0. The van der Waals surface area contributed by atoms with Crippen LogP contribution >= 0.6 is 39.9 Å². The summed E-state index contributed by atoms with van der Waals surface area (Å²) in [6.07, 6.45) is 0. The Morgan fingerprint density at radius 1 is 1.16 bits per heavy atom. The van der Waals surface area contributed by atoms with Gasteiger partial charge in [-0.1, -0.05) is 27.7 Å². The van der Waals surface area contributed by atoms with Crippen LogP contribution in [0.2, 0.25) is 0 Å².